The normalized spacial score (nSPS) is 10.6. The van der Waals surface area contributed by atoms with Gasteiger partial charge in [0.15, 0.2) is 0 Å². The highest BCUT2D eigenvalue weighted by Crippen LogP contribution is 2.23. The lowest BCUT2D eigenvalue weighted by Crippen LogP contribution is -2.13. The zero-order valence-corrected chi connectivity index (χ0v) is 13.1. The monoisotopic (exact) mass is 276 g/mol. The smallest absolute Gasteiger partial charge is 0.224 e. The summed E-state index contributed by atoms with van der Waals surface area (Å²) in [6.45, 7) is 6.26. The van der Waals surface area contributed by atoms with Gasteiger partial charge < -0.3 is 11.1 Å². The molecule has 0 aliphatic carbocycles. The number of carbonyl (C=O) groups excluding carboxylic acids is 1. The van der Waals surface area contributed by atoms with E-state index in [1.54, 1.807) is 0 Å². The van der Waals surface area contributed by atoms with Crippen LogP contribution in [0.5, 0.6) is 0 Å². The Morgan fingerprint density at radius 3 is 2.35 bits per heavy atom. The lowest BCUT2D eigenvalue weighted by atomic mass is 10.1. The van der Waals surface area contributed by atoms with Gasteiger partial charge in [0.2, 0.25) is 5.91 Å². The van der Waals surface area contributed by atoms with Crippen LogP contribution in [0.15, 0.2) is 12.1 Å². The number of carbonyl (C=O) groups is 1. The van der Waals surface area contributed by atoms with Crippen LogP contribution >= 0.6 is 0 Å². The lowest BCUT2D eigenvalue weighted by Gasteiger charge is -2.11. The van der Waals surface area contributed by atoms with Crippen LogP contribution in [0.25, 0.3) is 0 Å². The molecule has 1 aromatic rings. The van der Waals surface area contributed by atoms with E-state index >= 15 is 0 Å². The molecule has 3 nitrogen and oxygen atoms in total. The largest absolute Gasteiger partial charge is 0.397 e. The third kappa shape index (κ3) is 5.64. The number of nitrogen functional groups attached to an aromatic ring is 1. The Morgan fingerprint density at radius 1 is 1.05 bits per heavy atom. The summed E-state index contributed by atoms with van der Waals surface area (Å²) in [4.78, 5) is 11.9. The molecule has 0 aliphatic heterocycles. The molecule has 0 radical (unpaired) electrons. The molecule has 0 unspecified atom stereocenters. The molecule has 3 N–H and O–H groups in total. The molecule has 1 rings (SSSR count). The number of benzene rings is 1. The highest BCUT2D eigenvalue weighted by atomic mass is 16.1. The Labute approximate surface area is 122 Å². The maximum absolute atomic E-state index is 11.9. The van der Waals surface area contributed by atoms with Crippen molar-refractivity contribution in [2.45, 2.75) is 65.7 Å². The molecule has 0 heterocycles. The number of hydrogen-bond acceptors (Lipinski definition) is 2. The summed E-state index contributed by atoms with van der Waals surface area (Å²) in [6, 6.07) is 3.86. The fourth-order valence-corrected chi connectivity index (χ4v) is 2.23. The maximum atomic E-state index is 11.9. The third-order valence-corrected chi connectivity index (χ3v) is 3.70. The summed E-state index contributed by atoms with van der Waals surface area (Å²) in [5.41, 5.74) is 9.61. The molecule has 1 amide bonds. The minimum Gasteiger partial charge on any atom is -0.397 e. The van der Waals surface area contributed by atoms with Crippen LogP contribution in [0, 0.1) is 13.8 Å². The summed E-state index contributed by atoms with van der Waals surface area (Å²) in [6.07, 6.45) is 7.74. The molecule has 3 heteroatoms. The number of hydrogen-bond donors (Lipinski definition) is 2. The van der Waals surface area contributed by atoms with Crippen LogP contribution in [0.2, 0.25) is 0 Å². The number of unbranched alkanes of at least 4 members (excludes halogenated alkanes) is 5. The first-order valence-electron chi connectivity index (χ1n) is 7.71. The second kappa shape index (κ2) is 8.62. The number of rotatable bonds is 8. The highest BCUT2D eigenvalue weighted by molar-refractivity contribution is 5.94. The molecular weight excluding hydrogens is 248 g/mol. The number of nitrogens with one attached hydrogen (secondary N) is 1. The standard InChI is InChI=1S/C17H28N2O/c1-4-5-6-7-8-9-10-17(20)19-16-12-14(3)13(2)11-15(16)18/h11-12H,4-10,18H2,1-3H3,(H,19,20). The Morgan fingerprint density at radius 2 is 1.65 bits per heavy atom. The Bertz CT molecular complexity index is 441. The number of amides is 1. The maximum Gasteiger partial charge on any atom is 0.224 e. The van der Waals surface area contributed by atoms with Crippen LogP contribution in [0.1, 0.15) is 63.0 Å². The van der Waals surface area contributed by atoms with Crippen molar-refractivity contribution in [3.8, 4) is 0 Å². The molecule has 0 atom stereocenters. The molecule has 0 aromatic heterocycles. The van der Waals surface area contributed by atoms with Crippen LogP contribution in [-0.2, 0) is 4.79 Å². The second-order valence-electron chi connectivity index (χ2n) is 5.59. The molecule has 112 valence electrons. The van der Waals surface area contributed by atoms with Crippen molar-refractivity contribution < 1.29 is 4.79 Å². The van der Waals surface area contributed by atoms with Crippen LogP contribution in [0.4, 0.5) is 11.4 Å². The minimum absolute atomic E-state index is 0.0652. The zero-order chi connectivity index (χ0) is 15.0. The van der Waals surface area contributed by atoms with Crippen molar-refractivity contribution in [2.75, 3.05) is 11.1 Å². The van der Waals surface area contributed by atoms with E-state index < -0.39 is 0 Å². The van der Waals surface area contributed by atoms with Gasteiger partial charge in [0.05, 0.1) is 11.4 Å². The quantitative estimate of drug-likeness (QED) is 0.539. The van der Waals surface area contributed by atoms with Gasteiger partial charge in [-0.05, 0) is 43.5 Å². The fraction of sp³-hybridized carbons (Fsp3) is 0.588. The molecule has 0 bridgehead atoms. The van der Waals surface area contributed by atoms with Gasteiger partial charge in [-0.1, -0.05) is 39.0 Å². The van der Waals surface area contributed by atoms with Gasteiger partial charge in [-0.3, -0.25) is 4.79 Å². The van der Waals surface area contributed by atoms with Crippen LogP contribution in [0.3, 0.4) is 0 Å². The van der Waals surface area contributed by atoms with Crippen molar-refractivity contribution >= 4 is 17.3 Å². The summed E-state index contributed by atoms with van der Waals surface area (Å²) in [5.74, 6) is 0.0652. The van der Waals surface area contributed by atoms with E-state index in [1.807, 2.05) is 26.0 Å². The van der Waals surface area contributed by atoms with Gasteiger partial charge in [0.1, 0.15) is 0 Å². The topological polar surface area (TPSA) is 55.1 Å². The van der Waals surface area contributed by atoms with Crippen molar-refractivity contribution in [1.29, 1.82) is 0 Å². The van der Waals surface area contributed by atoms with Gasteiger partial charge in [0, 0.05) is 6.42 Å². The van der Waals surface area contributed by atoms with Crippen molar-refractivity contribution in [2.24, 2.45) is 0 Å². The summed E-state index contributed by atoms with van der Waals surface area (Å²) >= 11 is 0. The van der Waals surface area contributed by atoms with E-state index in [-0.39, 0.29) is 5.91 Å². The highest BCUT2D eigenvalue weighted by Gasteiger charge is 2.07. The van der Waals surface area contributed by atoms with Gasteiger partial charge in [-0.2, -0.15) is 0 Å². The summed E-state index contributed by atoms with van der Waals surface area (Å²) < 4.78 is 0. The van der Waals surface area contributed by atoms with E-state index in [2.05, 4.69) is 12.2 Å². The van der Waals surface area contributed by atoms with Gasteiger partial charge in [-0.25, -0.2) is 0 Å². The summed E-state index contributed by atoms with van der Waals surface area (Å²) in [7, 11) is 0. The Hall–Kier alpha value is -1.51. The Balaban J connectivity index is 2.34. The molecule has 0 aliphatic rings. The Kier molecular flexibility index (Phi) is 7.13. The predicted molar refractivity (Wildman–Crippen MR) is 87.0 cm³/mol. The van der Waals surface area contributed by atoms with Gasteiger partial charge in [0.25, 0.3) is 0 Å². The number of aryl methyl sites for hydroxylation is 2. The fourth-order valence-electron chi connectivity index (χ4n) is 2.23. The van der Waals surface area contributed by atoms with Crippen LogP contribution < -0.4 is 11.1 Å². The van der Waals surface area contributed by atoms with Gasteiger partial charge in [-0.15, -0.1) is 0 Å². The molecule has 0 saturated heterocycles. The first-order chi connectivity index (χ1) is 9.54. The number of anilines is 2. The average molecular weight is 276 g/mol. The van der Waals surface area contributed by atoms with E-state index in [9.17, 15) is 4.79 Å². The van der Waals surface area contributed by atoms with Gasteiger partial charge >= 0.3 is 0 Å². The molecule has 0 saturated carbocycles. The SMILES string of the molecule is CCCCCCCCC(=O)Nc1cc(C)c(C)cc1N. The van der Waals surface area contributed by atoms with E-state index in [1.165, 1.54) is 25.7 Å². The molecule has 0 spiro atoms. The average Bonchev–Trinajstić information content (AvgIpc) is 2.40. The molecule has 20 heavy (non-hydrogen) atoms. The summed E-state index contributed by atoms with van der Waals surface area (Å²) in [5, 5.41) is 2.92. The van der Waals surface area contributed by atoms with Crippen molar-refractivity contribution in [3.63, 3.8) is 0 Å². The first kappa shape index (κ1) is 16.5. The predicted octanol–water partition coefficient (Wildman–Crippen LogP) is 4.57. The molecule has 1 aromatic carbocycles. The molecular formula is C17H28N2O. The van der Waals surface area contributed by atoms with Crippen molar-refractivity contribution in [1.82, 2.24) is 0 Å². The lowest BCUT2D eigenvalue weighted by molar-refractivity contribution is -0.116. The minimum atomic E-state index is 0.0652. The first-order valence-corrected chi connectivity index (χ1v) is 7.71. The van der Waals surface area contributed by atoms with E-state index in [0.717, 1.165) is 29.7 Å². The number of nitrogens with two attached hydrogens (primary N) is 1. The van der Waals surface area contributed by atoms with E-state index in [4.69, 9.17) is 5.73 Å². The van der Waals surface area contributed by atoms with Crippen LogP contribution in [-0.4, -0.2) is 5.91 Å². The zero-order valence-electron chi connectivity index (χ0n) is 13.1. The van der Waals surface area contributed by atoms with Crippen molar-refractivity contribution in [3.05, 3.63) is 23.3 Å². The van der Waals surface area contributed by atoms with E-state index in [0.29, 0.717) is 12.1 Å². The molecule has 0 fully saturated rings. The second-order valence-corrected chi connectivity index (χ2v) is 5.59. The third-order valence-electron chi connectivity index (χ3n) is 3.70.